The third-order valence-electron chi connectivity index (χ3n) is 3.46. The molecule has 0 aliphatic rings. The van der Waals surface area contributed by atoms with Crippen molar-refractivity contribution in [3.8, 4) is 11.5 Å². The number of carbonyl (C=O) groups is 1. The molecule has 0 fully saturated rings. The molecule has 0 aliphatic carbocycles. The van der Waals surface area contributed by atoms with E-state index in [1.807, 2.05) is 30.3 Å². The number of benzene rings is 2. The van der Waals surface area contributed by atoms with E-state index in [-0.39, 0.29) is 18.1 Å². The van der Waals surface area contributed by atoms with Crippen LogP contribution in [0.15, 0.2) is 42.5 Å². The minimum absolute atomic E-state index is 0.133. The van der Waals surface area contributed by atoms with Gasteiger partial charge >= 0.3 is 0 Å². The van der Waals surface area contributed by atoms with Crippen LogP contribution in [0.4, 0.5) is 5.13 Å². The molecule has 0 spiro atoms. The predicted octanol–water partition coefficient (Wildman–Crippen LogP) is 3.58. The molecule has 0 saturated heterocycles. The van der Waals surface area contributed by atoms with Gasteiger partial charge in [-0.15, -0.1) is 0 Å². The Hall–Kier alpha value is -2.60. The molecule has 1 heterocycles. The Kier molecular flexibility index (Phi) is 4.43. The molecule has 2 N–H and O–H groups in total. The van der Waals surface area contributed by atoms with Crippen LogP contribution in [0.25, 0.3) is 10.2 Å². The molecule has 0 atom stereocenters. The van der Waals surface area contributed by atoms with Crippen molar-refractivity contribution in [1.29, 1.82) is 0 Å². The molecule has 1 amide bonds. The lowest BCUT2D eigenvalue weighted by atomic mass is 10.1. The maximum Gasteiger partial charge on any atom is 0.226 e. The fourth-order valence-electron chi connectivity index (χ4n) is 2.29. The molecule has 0 radical (unpaired) electrons. The van der Waals surface area contributed by atoms with E-state index < -0.39 is 0 Å². The molecule has 6 heteroatoms. The highest BCUT2D eigenvalue weighted by molar-refractivity contribution is 7.22. The number of thiazole rings is 1. The first kappa shape index (κ1) is 15.3. The van der Waals surface area contributed by atoms with Gasteiger partial charge in [0, 0.05) is 6.42 Å². The lowest BCUT2D eigenvalue weighted by Gasteiger charge is -2.04. The standard InChI is InChI=1S/C17H16N2O3S/c1-22-13-7-4-8-14-16(13)19-17(23-14)18-15(21)10-9-11-5-2-3-6-12(11)20/h2-8,20H,9-10H2,1H3,(H,18,19,21). The highest BCUT2D eigenvalue weighted by Gasteiger charge is 2.11. The summed E-state index contributed by atoms with van der Waals surface area (Å²) in [7, 11) is 1.60. The SMILES string of the molecule is COc1cccc2sc(NC(=O)CCc3ccccc3O)nc12. The number of para-hydroxylation sites is 2. The van der Waals surface area contributed by atoms with Crippen LogP contribution in [0.2, 0.25) is 0 Å². The summed E-state index contributed by atoms with van der Waals surface area (Å²) in [4.78, 5) is 16.5. The molecule has 0 aliphatic heterocycles. The molecule has 0 saturated carbocycles. The van der Waals surface area contributed by atoms with Gasteiger partial charge in [0.05, 0.1) is 11.8 Å². The third-order valence-corrected chi connectivity index (χ3v) is 4.40. The molecule has 0 unspecified atom stereocenters. The lowest BCUT2D eigenvalue weighted by molar-refractivity contribution is -0.116. The van der Waals surface area contributed by atoms with Gasteiger partial charge in [0.1, 0.15) is 17.0 Å². The van der Waals surface area contributed by atoms with Gasteiger partial charge in [-0.1, -0.05) is 35.6 Å². The summed E-state index contributed by atoms with van der Waals surface area (Å²) in [6.45, 7) is 0. The number of aromatic nitrogens is 1. The van der Waals surface area contributed by atoms with Gasteiger partial charge in [-0.25, -0.2) is 4.98 Å². The molecule has 0 bridgehead atoms. The van der Waals surface area contributed by atoms with Crippen molar-refractivity contribution in [1.82, 2.24) is 4.98 Å². The smallest absolute Gasteiger partial charge is 0.226 e. The van der Waals surface area contributed by atoms with E-state index in [0.717, 1.165) is 15.8 Å². The number of hydrogen-bond donors (Lipinski definition) is 2. The van der Waals surface area contributed by atoms with E-state index >= 15 is 0 Å². The number of phenolic OH excluding ortho intramolecular Hbond substituents is 1. The molecular weight excluding hydrogens is 312 g/mol. The molecule has 118 valence electrons. The number of aryl methyl sites for hydroxylation is 1. The number of rotatable bonds is 5. The Bertz CT molecular complexity index is 845. The summed E-state index contributed by atoms with van der Waals surface area (Å²) in [5, 5.41) is 13.1. The molecule has 23 heavy (non-hydrogen) atoms. The van der Waals surface area contributed by atoms with Gasteiger partial charge in [0.15, 0.2) is 5.13 Å². The Morgan fingerprint density at radius 1 is 1.26 bits per heavy atom. The normalized spacial score (nSPS) is 10.7. The van der Waals surface area contributed by atoms with E-state index in [1.165, 1.54) is 11.3 Å². The third kappa shape index (κ3) is 3.43. The zero-order valence-electron chi connectivity index (χ0n) is 12.6. The first-order valence-electron chi connectivity index (χ1n) is 7.17. The van der Waals surface area contributed by atoms with Crippen molar-refractivity contribution in [2.75, 3.05) is 12.4 Å². The summed E-state index contributed by atoms with van der Waals surface area (Å²) < 4.78 is 6.23. The van der Waals surface area contributed by atoms with Gasteiger partial charge in [0.2, 0.25) is 5.91 Å². The van der Waals surface area contributed by atoms with Crippen LogP contribution < -0.4 is 10.1 Å². The van der Waals surface area contributed by atoms with Crippen molar-refractivity contribution in [2.45, 2.75) is 12.8 Å². The second-order valence-corrected chi connectivity index (χ2v) is 6.03. The molecular formula is C17H16N2O3S. The number of nitrogens with one attached hydrogen (secondary N) is 1. The first-order valence-corrected chi connectivity index (χ1v) is 7.99. The van der Waals surface area contributed by atoms with Crippen molar-refractivity contribution in [3.63, 3.8) is 0 Å². The number of nitrogens with zero attached hydrogens (tertiary/aromatic N) is 1. The number of fused-ring (bicyclic) bond motifs is 1. The van der Waals surface area contributed by atoms with Crippen LogP contribution in [-0.4, -0.2) is 23.1 Å². The Morgan fingerprint density at radius 3 is 2.87 bits per heavy atom. The second-order valence-electron chi connectivity index (χ2n) is 5.00. The molecule has 2 aromatic carbocycles. The fourth-order valence-corrected chi connectivity index (χ4v) is 3.19. The van der Waals surface area contributed by atoms with Crippen molar-refractivity contribution < 1.29 is 14.6 Å². The van der Waals surface area contributed by atoms with Crippen LogP contribution in [0, 0.1) is 0 Å². The quantitative estimate of drug-likeness (QED) is 0.751. The van der Waals surface area contributed by atoms with Gasteiger partial charge in [0.25, 0.3) is 0 Å². The van der Waals surface area contributed by atoms with E-state index in [1.54, 1.807) is 19.2 Å². The predicted molar refractivity (Wildman–Crippen MR) is 91.2 cm³/mol. The second kappa shape index (κ2) is 6.66. The summed E-state index contributed by atoms with van der Waals surface area (Å²) >= 11 is 1.41. The highest BCUT2D eigenvalue weighted by atomic mass is 32.1. The Labute approximate surface area is 137 Å². The van der Waals surface area contributed by atoms with E-state index in [9.17, 15) is 9.90 Å². The number of amides is 1. The Balaban J connectivity index is 1.67. The van der Waals surface area contributed by atoms with Crippen molar-refractivity contribution in [2.24, 2.45) is 0 Å². The number of carbonyl (C=O) groups excluding carboxylic acids is 1. The monoisotopic (exact) mass is 328 g/mol. The highest BCUT2D eigenvalue weighted by Crippen LogP contribution is 2.32. The van der Waals surface area contributed by atoms with Crippen molar-refractivity contribution >= 4 is 32.6 Å². The largest absolute Gasteiger partial charge is 0.508 e. The number of anilines is 1. The van der Waals surface area contributed by atoms with E-state index in [0.29, 0.717) is 17.3 Å². The summed E-state index contributed by atoms with van der Waals surface area (Å²) in [5.41, 5.74) is 1.50. The Morgan fingerprint density at radius 2 is 2.09 bits per heavy atom. The van der Waals surface area contributed by atoms with Crippen molar-refractivity contribution in [3.05, 3.63) is 48.0 Å². The van der Waals surface area contributed by atoms with Crippen LogP contribution in [0.1, 0.15) is 12.0 Å². The molecule has 5 nitrogen and oxygen atoms in total. The average Bonchev–Trinajstić information content (AvgIpc) is 2.96. The summed E-state index contributed by atoms with van der Waals surface area (Å²) in [5.74, 6) is 0.768. The number of ether oxygens (including phenoxy) is 1. The maximum absolute atomic E-state index is 12.1. The maximum atomic E-state index is 12.1. The molecule has 3 rings (SSSR count). The van der Waals surface area contributed by atoms with Gasteiger partial charge in [-0.3, -0.25) is 4.79 Å². The number of methoxy groups -OCH3 is 1. The number of aromatic hydroxyl groups is 1. The minimum atomic E-state index is -0.133. The minimum Gasteiger partial charge on any atom is -0.508 e. The number of phenols is 1. The van der Waals surface area contributed by atoms with Gasteiger partial charge in [-0.05, 0) is 30.2 Å². The van der Waals surface area contributed by atoms with E-state index in [4.69, 9.17) is 4.74 Å². The lowest BCUT2D eigenvalue weighted by Crippen LogP contribution is -2.12. The average molecular weight is 328 g/mol. The van der Waals surface area contributed by atoms with Crippen LogP contribution in [-0.2, 0) is 11.2 Å². The zero-order chi connectivity index (χ0) is 16.2. The van der Waals surface area contributed by atoms with Crippen LogP contribution >= 0.6 is 11.3 Å². The van der Waals surface area contributed by atoms with Gasteiger partial charge in [-0.2, -0.15) is 0 Å². The summed E-state index contributed by atoms with van der Waals surface area (Å²) in [6, 6.07) is 12.7. The van der Waals surface area contributed by atoms with E-state index in [2.05, 4.69) is 10.3 Å². The number of hydrogen-bond acceptors (Lipinski definition) is 5. The van der Waals surface area contributed by atoms with Gasteiger partial charge < -0.3 is 15.2 Å². The topological polar surface area (TPSA) is 71.5 Å². The van der Waals surface area contributed by atoms with Crippen LogP contribution in [0.3, 0.4) is 0 Å². The summed E-state index contributed by atoms with van der Waals surface area (Å²) in [6.07, 6.45) is 0.761. The first-order chi connectivity index (χ1) is 11.2. The zero-order valence-corrected chi connectivity index (χ0v) is 13.4. The molecule has 3 aromatic rings. The molecule has 1 aromatic heterocycles. The fraction of sp³-hybridized carbons (Fsp3) is 0.176. The van der Waals surface area contributed by atoms with Crippen LogP contribution in [0.5, 0.6) is 11.5 Å².